The van der Waals surface area contributed by atoms with Gasteiger partial charge in [-0.15, -0.1) is 0 Å². The molecule has 0 aliphatic heterocycles. The van der Waals surface area contributed by atoms with Crippen molar-refractivity contribution < 1.29 is 18.6 Å². The van der Waals surface area contributed by atoms with Gasteiger partial charge < -0.3 is 4.55 Å². The molecule has 0 heterocycles. The average molecular weight is 322 g/mol. The molecule has 0 fully saturated rings. The first kappa shape index (κ1) is 15.5. The van der Waals surface area contributed by atoms with Gasteiger partial charge in [-0.25, -0.2) is 0 Å². The van der Waals surface area contributed by atoms with E-state index >= 15 is 0 Å². The van der Waals surface area contributed by atoms with Gasteiger partial charge in [0.25, 0.3) is 11.4 Å². The van der Waals surface area contributed by atoms with Gasteiger partial charge in [-0.3, -0.25) is 28.7 Å². The molecule has 0 amide bonds. The van der Waals surface area contributed by atoms with Crippen LogP contribution in [0.3, 0.4) is 0 Å². The quantitative estimate of drug-likeness (QED) is 0.472. The highest BCUT2D eigenvalue weighted by molar-refractivity contribution is 7.81. The monoisotopic (exact) mass is 322 g/mol. The molecule has 0 aromatic heterocycles. The van der Waals surface area contributed by atoms with E-state index in [0.717, 1.165) is 4.31 Å². The summed E-state index contributed by atoms with van der Waals surface area (Å²) in [5.41, 5.74) is -0.00580. The molecule has 9 nitrogen and oxygen atoms in total. The van der Waals surface area contributed by atoms with Crippen LogP contribution >= 0.6 is 0 Å². The molecule has 0 bridgehead atoms. The number of benzene rings is 2. The zero-order valence-corrected chi connectivity index (χ0v) is 11.6. The molecule has 0 radical (unpaired) electrons. The molecule has 0 spiro atoms. The van der Waals surface area contributed by atoms with Crippen LogP contribution in [0.5, 0.6) is 0 Å². The van der Waals surface area contributed by atoms with Crippen LogP contribution < -0.4 is 4.31 Å². The van der Waals surface area contributed by atoms with Crippen molar-refractivity contribution >= 4 is 34.0 Å². The standard InChI is InChI=1S/C12H9N3O6S/c16-14(17)11-5-1-9(2-6-11)13(22(20)21)10-3-7-12(8-4-10)15(18)19/h1-8H,(H,20,21)/p-1. The lowest BCUT2D eigenvalue weighted by atomic mass is 10.2. The number of hydrogen-bond acceptors (Lipinski definition) is 6. The third-order valence-corrected chi connectivity index (χ3v) is 3.46. The molecule has 114 valence electrons. The fraction of sp³-hybridized carbons (Fsp3) is 0. The largest absolute Gasteiger partial charge is 0.755 e. The Morgan fingerprint density at radius 2 is 1.09 bits per heavy atom. The first-order valence-corrected chi connectivity index (χ1v) is 6.82. The second kappa shape index (κ2) is 6.28. The predicted octanol–water partition coefficient (Wildman–Crippen LogP) is 2.44. The highest BCUT2D eigenvalue weighted by Crippen LogP contribution is 2.29. The molecule has 0 saturated carbocycles. The van der Waals surface area contributed by atoms with E-state index in [1.165, 1.54) is 48.5 Å². The summed E-state index contributed by atoms with van der Waals surface area (Å²) in [5, 5.41) is 21.2. The topological polar surface area (TPSA) is 130 Å². The van der Waals surface area contributed by atoms with E-state index in [9.17, 15) is 29.0 Å². The van der Waals surface area contributed by atoms with E-state index < -0.39 is 21.1 Å². The number of nitro benzene ring substituents is 2. The molecule has 2 aromatic rings. The Bertz CT molecular complexity index is 674. The van der Waals surface area contributed by atoms with Crippen LogP contribution in [-0.4, -0.2) is 18.6 Å². The maximum Gasteiger partial charge on any atom is 0.269 e. The summed E-state index contributed by atoms with van der Waals surface area (Å²) in [6.45, 7) is 0. The van der Waals surface area contributed by atoms with Crippen molar-refractivity contribution in [3.63, 3.8) is 0 Å². The Labute approximate surface area is 126 Å². The molecule has 0 aliphatic carbocycles. The summed E-state index contributed by atoms with van der Waals surface area (Å²) in [6.07, 6.45) is 0. The molecule has 2 aromatic carbocycles. The van der Waals surface area contributed by atoms with Crippen molar-refractivity contribution in [2.24, 2.45) is 0 Å². The van der Waals surface area contributed by atoms with Gasteiger partial charge in [0.15, 0.2) is 0 Å². The Balaban J connectivity index is 2.39. The Morgan fingerprint density at radius 3 is 1.32 bits per heavy atom. The summed E-state index contributed by atoms with van der Waals surface area (Å²) >= 11 is -2.70. The minimum absolute atomic E-state index is 0.174. The predicted molar refractivity (Wildman–Crippen MR) is 77.3 cm³/mol. The summed E-state index contributed by atoms with van der Waals surface area (Å²) in [5.74, 6) is 0. The third-order valence-electron chi connectivity index (χ3n) is 2.74. The summed E-state index contributed by atoms with van der Waals surface area (Å²) < 4.78 is 23.7. The van der Waals surface area contributed by atoms with Gasteiger partial charge in [-0.1, -0.05) is 0 Å². The van der Waals surface area contributed by atoms with Gasteiger partial charge in [-0.2, -0.15) is 0 Å². The maximum atomic E-state index is 11.4. The van der Waals surface area contributed by atoms with Crippen LogP contribution in [0.1, 0.15) is 0 Å². The normalized spacial score (nSPS) is 11.7. The van der Waals surface area contributed by atoms with Crippen LogP contribution in [0.15, 0.2) is 48.5 Å². The molecule has 0 N–H and O–H groups in total. The van der Waals surface area contributed by atoms with Gasteiger partial charge in [0, 0.05) is 24.3 Å². The van der Waals surface area contributed by atoms with E-state index in [1.807, 2.05) is 0 Å². The molecule has 0 saturated heterocycles. The van der Waals surface area contributed by atoms with E-state index in [0.29, 0.717) is 0 Å². The van der Waals surface area contributed by atoms with Gasteiger partial charge >= 0.3 is 0 Å². The van der Waals surface area contributed by atoms with Crippen LogP contribution in [0, 0.1) is 20.2 Å². The number of non-ortho nitro benzene ring substituents is 2. The van der Waals surface area contributed by atoms with E-state index in [2.05, 4.69) is 0 Å². The highest BCUT2D eigenvalue weighted by Gasteiger charge is 2.14. The van der Waals surface area contributed by atoms with Gasteiger partial charge in [-0.05, 0) is 24.3 Å². The zero-order chi connectivity index (χ0) is 16.3. The maximum absolute atomic E-state index is 11.4. The molecule has 2 rings (SSSR count). The van der Waals surface area contributed by atoms with Crippen molar-refractivity contribution in [1.82, 2.24) is 0 Å². The third kappa shape index (κ3) is 3.24. The van der Waals surface area contributed by atoms with Crippen molar-refractivity contribution in [2.75, 3.05) is 4.31 Å². The fourth-order valence-electron chi connectivity index (χ4n) is 1.74. The summed E-state index contributed by atoms with van der Waals surface area (Å²) in [6, 6.07) is 9.76. The Kier molecular flexibility index (Phi) is 4.44. The van der Waals surface area contributed by atoms with E-state index in [1.54, 1.807) is 0 Å². The Morgan fingerprint density at radius 1 is 0.773 bits per heavy atom. The van der Waals surface area contributed by atoms with Gasteiger partial charge in [0.2, 0.25) is 0 Å². The lowest BCUT2D eigenvalue weighted by molar-refractivity contribution is -0.385. The minimum Gasteiger partial charge on any atom is -0.755 e. The van der Waals surface area contributed by atoms with Crippen LogP contribution in [0.4, 0.5) is 22.7 Å². The van der Waals surface area contributed by atoms with Crippen LogP contribution in [-0.2, 0) is 11.3 Å². The molecule has 1 unspecified atom stereocenters. The van der Waals surface area contributed by atoms with Crippen molar-refractivity contribution in [1.29, 1.82) is 0 Å². The highest BCUT2D eigenvalue weighted by atomic mass is 32.2. The van der Waals surface area contributed by atoms with E-state index in [-0.39, 0.29) is 22.7 Å². The lowest BCUT2D eigenvalue weighted by Crippen LogP contribution is -2.19. The molecular weight excluding hydrogens is 314 g/mol. The van der Waals surface area contributed by atoms with Crippen LogP contribution in [0.25, 0.3) is 0 Å². The first-order chi connectivity index (χ1) is 10.4. The summed E-state index contributed by atoms with van der Waals surface area (Å²) in [7, 11) is 0. The average Bonchev–Trinajstić information content (AvgIpc) is 2.48. The smallest absolute Gasteiger partial charge is 0.269 e. The second-order valence-electron chi connectivity index (χ2n) is 4.06. The minimum atomic E-state index is -2.70. The number of hydrogen-bond donors (Lipinski definition) is 0. The Hall–Kier alpha value is -2.85. The van der Waals surface area contributed by atoms with Crippen molar-refractivity contribution in [2.45, 2.75) is 0 Å². The van der Waals surface area contributed by atoms with Crippen molar-refractivity contribution in [3.8, 4) is 0 Å². The molecule has 0 aliphatic rings. The SMILES string of the molecule is O=[N+]([O-])c1ccc(N(c2ccc([N+](=O)[O-])cc2)S(=O)[O-])cc1. The van der Waals surface area contributed by atoms with Crippen molar-refractivity contribution in [3.05, 3.63) is 68.8 Å². The lowest BCUT2D eigenvalue weighted by Gasteiger charge is -2.26. The second-order valence-corrected chi connectivity index (χ2v) is 4.86. The first-order valence-electron chi connectivity index (χ1n) is 5.78. The molecular formula is C12H8N3O6S-. The van der Waals surface area contributed by atoms with Crippen LogP contribution in [0.2, 0.25) is 0 Å². The number of rotatable bonds is 5. The van der Waals surface area contributed by atoms with Gasteiger partial charge in [0.1, 0.15) is 0 Å². The summed E-state index contributed by atoms with van der Waals surface area (Å²) in [4.78, 5) is 20.0. The zero-order valence-electron chi connectivity index (χ0n) is 10.8. The number of nitrogens with zero attached hydrogens (tertiary/aromatic N) is 3. The molecule has 1 atom stereocenters. The van der Waals surface area contributed by atoms with Gasteiger partial charge in [0.05, 0.1) is 32.5 Å². The molecule has 22 heavy (non-hydrogen) atoms. The number of anilines is 2. The molecule has 10 heteroatoms. The fourth-order valence-corrected chi connectivity index (χ4v) is 2.33. The van der Waals surface area contributed by atoms with E-state index in [4.69, 9.17) is 0 Å². The number of nitro groups is 2.